The molecule has 3 rings (SSSR count). The Hall–Kier alpha value is -2.01. The van der Waals surface area contributed by atoms with Gasteiger partial charge in [0.2, 0.25) is 0 Å². The van der Waals surface area contributed by atoms with E-state index in [4.69, 9.17) is 39.6 Å². The maximum absolute atomic E-state index is 6.38. The number of rotatable bonds is 6. The molecule has 0 aliphatic rings. The lowest BCUT2D eigenvalue weighted by atomic mass is 9.96. The summed E-state index contributed by atoms with van der Waals surface area (Å²) >= 11 is 18.3. The van der Waals surface area contributed by atoms with Crippen molar-refractivity contribution in [3.63, 3.8) is 0 Å². The molecule has 1 aromatic heterocycles. The van der Waals surface area contributed by atoms with Crippen molar-refractivity contribution in [2.75, 3.05) is 0 Å². The summed E-state index contributed by atoms with van der Waals surface area (Å²) in [5.74, 6) is -0.0959. The average molecular weight is 409 g/mol. The number of nitrogens with one attached hydrogen (secondary N) is 1. The molecule has 0 saturated heterocycles. The van der Waals surface area contributed by atoms with Crippen LogP contribution < -0.4 is 0 Å². The second-order valence-corrected chi connectivity index (χ2v) is 7.01. The highest BCUT2D eigenvalue weighted by Gasteiger charge is 2.20. The normalized spacial score (nSPS) is 12.8. The summed E-state index contributed by atoms with van der Waals surface area (Å²) in [6, 6.07) is 12.7. The number of hydrogen-bond donors (Lipinski definition) is 1. The first-order valence-corrected chi connectivity index (χ1v) is 9.06. The van der Waals surface area contributed by atoms with Gasteiger partial charge < -0.3 is 9.82 Å². The van der Waals surface area contributed by atoms with Gasteiger partial charge in [0.15, 0.2) is 0 Å². The zero-order chi connectivity index (χ0) is 18.5. The molecule has 1 unspecified atom stereocenters. The lowest BCUT2D eigenvalue weighted by molar-refractivity contribution is 0.130. The monoisotopic (exact) mass is 407 g/mol. The molecule has 0 aliphatic heterocycles. The number of aromatic nitrogens is 2. The summed E-state index contributed by atoms with van der Waals surface area (Å²) in [5, 5.41) is 6.12. The van der Waals surface area contributed by atoms with E-state index in [1.807, 2.05) is 37.3 Å². The molecule has 2 aromatic carbocycles. The van der Waals surface area contributed by atoms with Gasteiger partial charge in [0, 0.05) is 33.4 Å². The molecule has 7 heteroatoms. The Bertz CT molecular complexity index is 893. The molecular formula is C19H16Cl3N3O. The number of hydrogen-bond acceptors (Lipinski definition) is 3. The molecule has 0 aliphatic carbocycles. The van der Waals surface area contributed by atoms with E-state index in [9.17, 15) is 0 Å². The summed E-state index contributed by atoms with van der Waals surface area (Å²) in [7, 11) is 0. The molecule has 0 spiro atoms. The molecule has 0 bridgehead atoms. The van der Waals surface area contributed by atoms with Gasteiger partial charge in [-0.25, -0.2) is 4.98 Å². The van der Waals surface area contributed by atoms with Crippen molar-refractivity contribution in [1.82, 2.24) is 9.97 Å². The minimum absolute atomic E-state index is 0.0959. The van der Waals surface area contributed by atoms with Gasteiger partial charge in [-0.2, -0.15) is 0 Å². The lowest BCUT2D eigenvalue weighted by Gasteiger charge is -2.15. The largest absolute Gasteiger partial charge is 0.391 e. The average Bonchev–Trinajstić information content (AvgIpc) is 3.15. The highest BCUT2D eigenvalue weighted by atomic mass is 35.5. The van der Waals surface area contributed by atoms with Crippen molar-refractivity contribution in [2.45, 2.75) is 19.4 Å². The van der Waals surface area contributed by atoms with Crippen LogP contribution in [0.3, 0.4) is 0 Å². The van der Waals surface area contributed by atoms with E-state index in [1.165, 1.54) is 0 Å². The summed E-state index contributed by atoms with van der Waals surface area (Å²) < 4.78 is 0. The highest BCUT2D eigenvalue weighted by Crippen LogP contribution is 2.27. The van der Waals surface area contributed by atoms with Gasteiger partial charge in [0.05, 0.1) is 17.1 Å². The fraction of sp³-hybridized carbons (Fsp3) is 0.158. The third-order valence-electron chi connectivity index (χ3n) is 3.91. The summed E-state index contributed by atoms with van der Waals surface area (Å²) in [6.45, 7) is 2.32. The number of H-pyrrole nitrogens is 1. The SMILES string of the molecule is CC(C(=NOCc1ccc(Cl)cc1)c1ccc(Cl)cc1Cl)c1cnc[nH]1. The molecule has 1 atom stereocenters. The molecule has 26 heavy (non-hydrogen) atoms. The number of nitrogens with zero attached hydrogens (tertiary/aromatic N) is 2. The van der Waals surface area contributed by atoms with E-state index in [0.717, 1.165) is 16.8 Å². The Labute approximate surface area is 166 Å². The molecule has 4 nitrogen and oxygen atoms in total. The van der Waals surface area contributed by atoms with Crippen LogP contribution in [-0.4, -0.2) is 15.7 Å². The summed E-state index contributed by atoms with van der Waals surface area (Å²) in [6.07, 6.45) is 3.38. The highest BCUT2D eigenvalue weighted by molar-refractivity contribution is 6.37. The van der Waals surface area contributed by atoms with Gasteiger partial charge in [-0.3, -0.25) is 0 Å². The first kappa shape index (κ1) is 18.8. The minimum Gasteiger partial charge on any atom is -0.391 e. The van der Waals surface area contributed by atoms with Crippen LogP contribution >= 0.6 is 34.8 Å². The van der Waals surface area contributed by atoms with Crippen LogP contribution in [-0.2, 0) is 11.4 Å². The van der Waals surface area contributed by atoms with E-state index >= 15 is 0 Å². The molecule has 0 amide bonds. The minimum atomic E-state index is -0.0959. The Kier molecular flexibility index (Phi) is 6.20. The van der Waals surface area contributed by atoms with E-state index < -0.39 is 0 Å². The van der Waals surface area contributed by atoms with E-state index in [2.05, 4.69) is 15.1 Å². The topological polar surface area (TPSA) is 50.3 Å². The molecule has 0 fully saturated rings. The molecule has 3 aromatic rings. The molecule has 134 valence electrons. The summed E-state index contributed by atoms with van der Waals surface area (Å²) in [4.78, 5) is 12.8. The van der Waals surface area contributed by atoms with Crippen molar-refractivity contribution in [3.05, 3.63) is 86.9 Å². The maximum atomic E-state index is 6.38. The Morgan fingerprint density at radius 3 is 2.50 bits per heavy atom. The Balaban J connectivity index is 1.88. The fourth-order valence-electron chi connectivity index (χ4n) is 2.47. The molecule has 1 N–H and O–H groups in total. The van der Waals surface area contributed by atoms with Crippen molar-refractivity contribution >= 4 is 40.5 Å². The zero-order valence-electron chi connectivity index (χ0n) is 13.9. The van der Waals surface area contributed by atoms with Gasteiger partial charge in [-0.1, -0.05) is 65.1 Å². The third-order valence-corrected chi connectivity index (χ3v) is 4.71. The standard InChI is InChI=1S/C19H16Cl3N3O/c1-12(18-9-23-11-24-18)19(16-7-6-15(21)8-17(16)22)25-26-10-13-2-4-14(20)5-3-13/h2-9,11-12H,10H2,1H3,(H,23,24). The lowest BCUT2D eigenvalue weighted by Crippen LogP contribution is -2.13. The van der Waals surface area contributed by atoms with E-state index in [-0.39, 0.29) is 5.92 Å². The van der Waals surface area contributed by atoms with Crippen molar-refractivity contribution in [1.29, 1.82) is 0 Å². The van der Waals surface area contributed by atoms with Crippen LogP contribution in [0, 0.1) is 0 Å². The van der Waals surface area contributed by atoms with Gasteiger partial charge in [-0.05, 0) is 29.8 Å². The first-order chi connectivity index (χ1) is 12.5. The Morgan fingerprint density at radius 1 is 1.12 bits per heavy atom. The van der Waals surface area contributed by atoms with Crippen molar-refractivity contribution in [2.24, 2.45) is 5.16 Å². The van der Waals surface area contributed by atoms with Crippen molar-refractivity contribution < 1.29 is 4.84 Å². The molecule has 1 heterocycles. The van der Waals surface area contributed by atoms with Crippen LogP contribution in [0.25, 0.3) is 0 Å². The van der Waals surface area contributed by atoms with Crippen LogP contribution in [0.4, 0.5) is 0 Å². The van der Waals surface area contributed by atoms with Crippen LogP contribution in [0.1, 0.15) is 29.7 Å². The van der Waals surface area contributed by atoms with Gasteiger partial charge in [0.25, 0.3) is 0 Å². The molecule has 0 saturated carbocycles. The fourth-order valence-corrected chi connectivity index (χ4v) is 3.10. The maximum Gasteiger partial charge on any atom is 0.142 e. The quantitative estimate of drug-likeness (QED) is 0.396. The van der Waals surface area contributed by atoms with Crippen LogP contribution in [0.2, 0.25) is 15.1 Å². The van der Waals surface area contributed by atoms with Gasteiger partial charge in [0.1, 0.15) is 6.61 Å². The second kappa shape index (κ2) is 8.58. The third kappa shape index (κ3) is 4.58. The molecule has 0 radical (unpaired) electrons. The Morgan fingerprint density at radius 2 is 1.85 bits per heavy atom. The number of oxime groups is 1. The second-order valence-electron chi connectivity index (χ2n) is 5.73. The zero-order valence-corrected chi connectivity index (χ0v) is 16.2. The predicted octanol–water partition coefficient (Wildman–Crippen LogP) is 6.09. The predicted molar refractivity (Wildman–Crippen MR) is 106 cm³/mol. The number of halogens is 3. The van der Waals surface area contributed by atoms with Gasteiger partial charge >= 0.3 is 0 Å². The van der Waals surface area contributed by atoms with Crippen LogP contribution in [0.5, 0.6) is 0 Å². The van der Waals surface area contributed by atoms with E-state index in [1.54, 1.807) is 24.7 Å². The number of aromatic amines is 1. The smallest absolute Gasteiger partial charge is 0.142 e. The van der Waals surface area contributed by atoms with Crippen LogP contribution in [0.15, 0.2) is 60.1 Å². The molecular weight excluding hydrogens is 393 g/mol. The summed E-state index contributed by atoms with van der Waals surface area (Å²) in [5.41, 5.74) is 3.32. The first-order valence-electron chi connectivity index (χ1n) is 7.92. The van der Waals surface area contributed by atoms with Gasteiger partial charge in [-0.15, -0.1) is 0 Å². The number of imidazole rings is 1. The number of benzene rings is 2. The van der Waals surface area contributed by atoms with E-state index in [0.29, 0.717) is 27.4 Å². The van der Waals surface area contributed by atoms with Crippen molar-refractivity contribution in [3.8, 4) is 0 Å².